The van der Waals surface area contributed by atoms with E-state index in [0.717, 1.165) is 47.2 Å². The van der Waals surface area contributed by atoms with Crippen LogP contribution in [0, 0.1) is 0 Å². The van der Waals surface area contributed by atoms with Crippen molar-refractivity contribution in [3.8, 4) is 22.5 Å². The van der Waals surface area contributed by atoms with Crippen LogP contribution in [0.2, 0.25) is 0 Å². The number of piperidine rings is 1. The number of dihydropyridines is 1. The molecule has 0 unspecified atom stereocenters. The minimum atomic E-state index is -0.479. The Morgan fingerprint density at radius 2 is 1.78 bits per heavy atom. The maximum Gasteiger partial charge on any atom is 0.410 e. The molecule has 0 radical (unpaired) electrons. The van der Waals surface area contributed by atoms with E-state index in [-0.39, 0.29) is 12.1 Å². The second kappa shape index (κ2) is 9.97. The van der Waals surface area contributed by atoms with Crippen molar-refractivity contribution in [2.24, 2.45) is 0 Å². The van der Waals surface area contributed by atoms with Gasteiger partial charge in [-0.15, -0.1) is 0 Å². The van der Waals surface area contributed by atoms with Crippen LogP contribution >= 0.6 is 0 Å². The minimum absolute atomic E-state index is 0.242. The number of rotatable bonds is 4. The number of benzene rings is 1. The van der Waals surface area contributed by atoms with E-state index in [1.54, 1.807) is 4.90 Å². The van der Waals surface area contributed by atoms with Crippen LogP contribution in [0.3, 0.4) is 0 Å². The van der Waals surface area contributed by atoms with E-state index in [0.29, 0.717) is 18.9 Å². The van der Waals surface area contributed by atoms with Crippen LogP contribution in [0.15, 0.2) is 67.4 Å². The van der Waals surface area contributed by atoms with E-state index < -0.39 is 5.60 Å². The zero-order chi connectivity index (χ0) is 25.1. The summed E-state index contributed by atoms with van der Waals surface area (Å²) in [6, 6.07) is 8.51. The monoisotopic (exact) mass is 484 g/mol. The van der Waals surface area contributed by atoms with Gasteiger partial charge < -0.3 is 15.0 Å². The normalized spacial score (nSPS) is 16.4. The number of aromatic nitrogens is 4. The van der Waals surface area contributed by atoms with Crippen molar-refractivity contribution in [1.29, 1.82) is 0 Å². The number of hydrogen-bond donors (Lipinski definition) is 1. The third kappa shape index (κ3) is 5.48. The highest BCUT2D eigenvalue weighted by Crippen LogP contribution is 2.27. The molecule has 1 N–H and O–H groups in total. The Morgan fingerprint density at radius 1 is 1.03 bits per heavy atom. The molecular weight excluding hydrogens is 452 g/mol. The van der Waals surface area contributed by atoms with Gasteiger partial charge in [-0.25, -0.2) is 14.8 Å². The summed E-state index contributed by atoms with van der Waals surface area (Å²) in [7, 11) is 0. The average Bonchev–Trinajstić information content (AvgIpc) is 3.39. The summed E-state index contributed by atoms with van der Waals surface area (Å²) in [5, 5.41) is 7.85. The molecule has 0 aliphatic carbocycles. The fourth-order valence-corrected chi connectivity index (χ4v) is 4.44. The lowest BCUT2D eigenvalue weighted by Gasteiger charge is -2.33. The van der Waals surface area contributed by atoms with Crippen LogP contribution in [0.5, 0.6) is 0 Å². The Kier molecular flexibility index (Phi) is 6.59. The number of likely N-dealkylation sites (tertiary alicyclic amines) is 1. The Hall–Kier alpha value is -3.94. The van der Waals surface area contributed by atoms with Crippen LogP contribution in [0.25, 0.3) is 28.1 Å². The van der Waals surface area contributed by atoms with Crippen molar-refractivity contribution in [2.45, 2.75) is 45.3 Å². The Balaban J connectivity index is 1.23. The van der Waals surface area contributed by atoms with Crippen molar-refractivity contribution in [1.82, 2.24) is 30.0 Å². The molecule has 186 valence electrons. The molecule has 1 amide bonds. The van der Waals surface area contributed by atoms with Gasteiger partial charge in [-0.2, -0.15) is 5.10 Å². The summed E-state index contributed by atoms with van der Waals surface area (Å²) < 4.78 is 7.50. The van der Waals surface area contributed by atoms with Crippen LogP contribution in [0.4, 0.5) is 4.79 Å². The molecule has 36 heavy (non-hydrogen) atoms. The van der Waals surface area contributed by atoms with E-state index in [1.165, 1.54) is 0 Å². The number of nitrogens with one attached hydrogen (secondary N) is 1. The van der Waals surface area contributed by atoms with Gasteiger partial charge in [0.05, 0.1) is 12.2 Å². The number of hydrogen-bond acceptors (Lipinski definition) is 6. The molecule has 0 atom stereocenters. The molecule has 1 aromatic carbocycles. The highest BCUT2D eigenvalue weighted by Gasteiger charge is 2.28. The molecule has 5 rings (SSSR count). The van der Waals surface area contributed by atoms with Crippen LogP contribution < -0.4 is 5.32 Å². The average molecular weight is 485 g/mol. The maximum atomic E-state index is 12.3. The summed E-state index contributed by atoms with van der Waals surface area (Å²) >= 11 is 0. The topological polar surface area (TPSA) is 85.2 Å². The zero-order valence-electron chi connectivity index (χ0n) is 21.0. The number of nitrogens with zero attached hydrogens (tertiary/aromatic N) is 5. The highest BCUT2D eigenvalue weighted by molar-refractivity contribution is 5.77. The number of carbonyl (C=O) groups is 1. The Morgan fingerprint density at radius 3 is 2.47 bits per heavy atom. The largest absolute Gasteiger partial charge is 0.444 e. The van der Waals surface area contributed by atoms with Gasteiger partial charge in [0, 0.05) is 61.1 Å². The quantitative estimate of drug-likeness (QED) is 0.556. The summed E-state index contributed by atoms with van der Waals surface area (Å²) in [5.41, 5.74) is 4.67. The van der Waals surface area contributed by atoms with Crippen molar-refractivity contribution >= 4 is 11.7 Å². The van der Waals surface area contributed by atoms with E-state index in [1.807, 2.05) is 68.6 Å². The SMILES string of the molecule is CC(C)(C)OC(=O)N1CCC(n2cc(-c3cnc(-c4cccc(C5=CNCC=C5)c4)nc3)cn2)CC1. The first-order chi connectivity index (χ1) is 17.4. The minimum Gasteiger partial charge on any atom is -0.444 e. The number of allylic oxidation sites excluding steroid dienone is 2. The highest BCUT2D eigenvalue weighted by atomic mass is 16.6. The molecule has 0 bridgehead atoms. The van der Waals surface area contributed by atoms with Gasteiger partial charge in [-0.05, 0) is 50.8 Å². The molecule has 4 heterocycles. The molecule has 1 fully saturated rings. The van der Waals surface area contributed by atoms with Crippen LogP contribution in [-0.2, 0) is 4.74 Å². The van der Waals surface area contributed by atoms with Gasteiger partial charge in [-0.1, -0.05) is 30.4 Å². The smallest absolute Gasteiger partial charge is 0.410 e. The summed E-state index contributed by atoms with van der Waals surface area (Å²) in [6.07, 6.45) is 15.3. The van der Waals surface area contributed by atoms with E-state index in [9.17, 15) is 4.79 Å². The molecular formula is C28H32N6O2. The van der Waals surface area contributed by atoms with E-state index in [4.69, 9.17) is 4.74 Å². The number of amides is 1. The van der Waals surface area contributed by atoms with Crippen LogP contribution in [0.1, 0.15) is 45.2 Å². The predicted molar refractivity (Wildman–Crippen MR) is 140 cm³/mol. The Labute approximate surface area is 211 Å². The molecule has 3 aromatic rings. The van der Waals surface area contributed by atoms with Gasteiger partial charge in [0.2, 0.25) is 0 Å². The molecule has 2 aliphatic heterocycles. The fraction of sp³-hybridized carbons (Fsp3) is 0.357. The molecule has 2 aromatic heterocycles. The predicted octanol–water partition coefficient (Wildman–Crippen LogP) is 5.08. The number of ether oxygens (including phenoxy) is 1. The van der Waals surface area contributed by atoms with Crippen molar-refractivity contribution in [3.05, 3.63) is 73.0 Å². The van der Waals surface area contributed by atoms with Gasteiger partial charge in [-0.3, -0.25) is 4.68 Å². The molecule has 2 aliphatic rings. The van der Waals surface area contributed by atoms with Gasteiger partial charge in [0.15, 0.2) is 5.82 Å². The molecule has 1 saturated heterocycles. The Bertz CT molecular complexity index is 1280. The summed E-state index contributed by atoms with van der Waals surface area (Å²) in [4.78, 5) is 23.4. The third-order valence-corrected chi connectivity index (χ3v) is 6.32. The molecule has 0 spiro atoms. The van der Waals surface area contributed by atoms with E-state index in [2.05, 4.69) is 44.7 Å². The van der Waals surface area contributed by atoms with Crippen LogP contribution in [-0.4, -0.2) is 56.0 Å². The zero-order valence-corrected chi connectivity index (χ0v) is 21.0. The first-order valence-corrected chi connectivity index (χ1v) is 12.4. The first kappa shape index (κ1) is 23.8. The standard InChI is InChI=1S/C28H32N6O2/c1-28(2,3)36-27(35)33-12-9-25(10-13-33)34-19-24(18-32-34)23-16-30-26(31-17-23)21-7-4-6-20(14-21)22-8-5-11-29-15-22/h4-8,14-19,25,29H,9-13H2,1-3H3. The fourth-order valence-electron chi connectivity index (χ4n) is 4.44. The molecule has 8 nitrogen and oxygen atoms in total. The molecule has 0 saturated carbocycles. The van der Waals surface area contributed by atoms with Gasteiger partial charge in [0.25, 0.3) is 0 Å². The number of carbonyl (C=O) groups excluding carboxylic acids is 1. The second-order valence-electron chi connectivity index (χ2n) is 10.2. The van der Waals surface area contributed by atoms with Crippen molar-refractivity contribution in [2.75, 3.05) is 19.6 Å². The lowest BCUT2D eigenvalue weighted by Crippen LogP contribution is -2.42. The van der Waals surface area contributed by atoms with E-state index >= 15 is 0 Å². The second-order valence-corrected chi connectivity index (χ2v) is 10.2. The first-order valence-electron chi connectivity index (χ1n) is 12.4. The van der Waals surface area contributed by atoms with Crippen molar-refractivity contribution < 1.29 is 9.53 Å². The lowest BCUT2D eigenvalue weighted by atomic mass is 10.0. The lowest BCUT2D eigenvalue weighted by molar-refractivity contribution is 0.0185. The summed E-state index contributed by atoms with van der Waals surface area (Å²) in [6.45, 7) is 7.85. The molecule has 8 heteroatoms. The summed E-state index contributed by atoms with van der Waals surface area (Å²) in [5.74, 6) is 0.691. The van der Waals surface area contributed by atoms with Gasteiger partial charge in [0.1, 0.15) is 5.60 Å². The maximum absolute atomic E-state index is 12.3. The van der Waals surface area contributed by atoms with Crippen molar-refractivity contribution in [3.63, 3.8) is 0 Å². The van der Waals surface area contributed by atoms with Gasteiger partial charge >= 0.3 is 6.09 Å². The third-order valence-electron chi connectivity index (χ3n) is 6.32.